The summed E-state index contributed by atoms with van der Waals surface area (Å²) in [5.41, 5.74) is 4.22. The molecule has 7 heteroatoms. The molecule has 7 nitrogen and oxygen atoms in total. The third-order valence-electron chi connectivity index (χ3n) is 2.77. The standard InChI is InChI=1S/C12H19N3O4/c1-12(2,15-10(17)4-5-11(15)18)6-7-19-8-9(16)14-13-3/h4-5,13H,6-8H2,1-3H3,(H,14,16). The Hall–Kier alpha value is -1.73. The molecular weight excluding hydrogens is 250 g/mol. The smallest absolute Gasteiger partial charge is 0.260 e. The summed E-state index contributed by atoms with van der Waals surface area (Å²) in [5.74, 6) is -0.916. The molecule has 0 fully saturated rings. The molecule has 1 aliphatic heterocycles. The molecule has 1 aliphatic rings. The summed E-state index contributed by atoms with van der Waals surface area (Å²) in [6.45, 7) is 3.78. The van der Waals surface area contributed by atoms with E-state index < -0.39 is 5.54 Å². The Bertz CT molecular complexity index is 386. The lowest BCUT2D eigenvalue weighted by molar-refractivity contribution is -0.144. The Labute approximate surface area is 111 Å². The van der Waals surface area contributed by atoms with Crippen LogP contribution in [0.2, 0.25) is 0 Å². The second kappa shape index (κ2) is 6.44. The number of imide groups is 1. The number of carbonyl (C=O) groups is 3. The summed E-state index contributed by atoms with van der Waals surface area (Å²) in [6.07, 6.45) is 2.97. The van der Waals surface area contributed by atoms with Crippen molar-refractivity contribution < 1.29 is 19.1 Å². The molecule has 3 amide bonds. The molecule has 1 heterocycles. The minimum absolute atomic E-state index is 0.0724. The fourth-order valence-corrected chi connectivity index (χ4v) is 1.77. The van der Waals surface area contributed by atoms with Crippen LogP contribution in [0.1, 0.15) is 20.3 Å². The number of hydrogen-bond donors (Lipinski definition) is 2. The van der Waals surface area contributed by atoms with Crippen molar-refractivity contribution >= 4 is 17.7 Å². The van der Waals surface area contributed by atoms with E-state index in [-0.39, 0.29) is 30.9 Å². The summed E-state index contributed by atoms with van der Waals surface area (Å²) in [7, 11) is 1.58. The maximum absolute atomic E-state index is 11.6. The van der Waals surface area contributed by atoms with Crippen LogP contribution in [0.15, 0.2) is 12.2 Å². The molecule has 106 valence electrons. The summed E-state index contributed by atoms with van der Waals surface area (Å²) in [6, 6.07) is 0. The van der Waals surface area contributed by atoms with Crippen molar-refractivity contribution in [3.8, 4) is 0 Å². The maximum atomic E-state index is 11.6. The van der Waals surface area contributed by atoms with Gasteiger partial charge in [-0.05, 0) is 20.3 Å². The summed E-state index contributed by atoms with van der Waals surface area (Å²) >= 11 is 0. The van der Waals surface area contributed by atoms with Crippen LogP contribution in [0.4, 0.5) is 0 Å². The Morgan fingerprint density at radius 2 is 1.89 bits per heavy atom. The SMILES string of the molecule is CNNC(=O)COCCC(C)(C)N1C(=O)C=CC1=O. The van der Waals surface area contributed by atoms with Crippen molar-refractivity contribution in [3.05, 3.63) is 12.2 Å². The topological polar surface area (TPSA) is 87.7 Å². The Balaban J connectivity index is 2.37. The second-order valence-corrected chi connectivity index (χ2v) is 4.76. The van der Waals surface area contributed by atoms with Crippen molar-refractivity contribution in [2.75, 3.05) is 20.3 Å². The van der Waals surface area contributed by atoms with Gasteiger partial charge in [-0.3, -0.25) is 24.7 Å². The predicted octanol–water partition coefficient (Wildman–Crippen LogP) is -0.653. The zero-order chi connectivity index (χ0) is 14.5. The highest BCUT2D eigenvalue weighted by atomic mass is 16.5. The van der Waals surface area contributed by atoms with Gasteiger partial charge >= 0.3 is 0 Å². The lowest BCUT2D eigenvalue weighted by atomic mass is 9.99. The molecule has 0 saturated carbocycles. The average molecular weight is 269 g/mol. The normalized spacial score (nSPS) is 15.2. The highest BCUT2D eigenvalue weighted by molar-refractivity contribution is 6.13. The van der Waals surface area contributed by atoms with Gasteiger partial charge in [-0.25, -0.2) is 5.43 Å². The van der Waals surface area contributed by atoms with Gasteiger partial charge in [0.2, 0.25) is 0 Å². The van der Waals surface area contributed by atoms with Crippen LogP contribution < -0.4 is 10.9 Å². The first-order chi connectivity index (χ1) is 8.88. The number of nitrogens with zero attached hydrogens (tertiary/aromatic N) is 1. The van der Waals surface area contributed by atoms with Gasteiger partial charge in [0.1, 0.15) is 6.61 Å². The van der Waals surface area contributed by atoms with Crippen LogP contribution in [0.5, 0.6) is 0 Å². The second-order valence-electron chi connectivity index (χ2n) is 4.76. The van der Waals surface area contributed by atoms with Gasteiger partial charge in [0, 0.05) is 31.3 Å². The van der Waals surface area contributed by atoms with Gasteiger partial charge in [0.25, 0.3) is 17.7 Å². The molecule has 0 atom stereocenters. The number of rotatable bonds is 7. The number of nitrogens with one attached hydrogen (secondary N) is 2. The van der Waals surface area contributed by atoms with E-state index in [1.807, 2.05) is 0 Å². The van der Waals surface area contributed by atoms with Crippen LogP contribution in [-0.4, -0.2) is 48.4 Å². The molecule has 0 aromatic rings. The molecule has 1 rings (SSSR count). The maximum Gasteiger partial charge on any atom is 0.260 e. The first-order valence-corrected chi connectivity index (χ1v) is 5.98. The van der Waals surface area contributed by atoms with Crippen LogP contribution >= 0.6 is 0 Å². The lowest BCUT2D eigenvalue weighted by Crippen LogP contribution is -2.48. The van der Waals surface area contributed by atoms with Crippen LogP contribution in [0, 0.1) is 0 Å². The molecule has 0 aromatic carbocycles. The molecular formula is C12H19N3O4. The van der Waals surface area contributed by atoms with E-state index in [4.69, 9.17) is 4.74 Å². The minimum atomic E-state index is -0.642. The first kappa shape index (κ1) is 15.3. The predicted molar refractivity (Wildman–Crippen MR) is 67.7 cm³/mol. The number of hydrogen-bond acceptors (Lipinski definition) is 5. The molecule has 0 radical (unpaired) electrons. The van der Waals surface area contributed by atoms with Gasteiger partial charge in [-0.2, -0.15) is 0 Å². The molecule has 19 heavy (non-hydrogen) atoms. The summed E-state index contributed by atoms with van der Waals surface area (Å²) in [4.78, 5) is 35.4. The van der Waals surface area contributed by atoms with E-state index >= 15 is 0 Å². The van der Waals surface area contributed by atoms with Crippen molar-refractivity contribution in [2.24, 2.45) is 0 Å². The monoisotopic (exact) mass is 269 g/mol. The van der Waals surface area contributed by atoms with Crippen LogP contribution in [0.3, 0.4) is 0 Å². The Morgan fingerprint density at radius 3 is 2.42 bits per heavy atom. The molecule has 0 saturated heterocycles. The molecule has 0 bridgehead atoms. The molecule has 0 aromatic heterocycles. The zero-order valence-corrected chi connectivity index (χ0v) is 11.4. The number of amides is 3. The Morgan fingerprint density at radius 1 is 1.32 bits per heavy atom. The van der Waals surface area contributed by atoms with E-state index in [2.05, 4.69) is 10.9 Å². The molecule has 0 spiro atoms. The van der Waals surface area contributed by atoms with Crippen LogP contribution in [-0.2, 0) is 19.1 Å². The number of ether oxygens (including phenoxy) is 1. The van der Waals surface area contributed by atoms with Crippen molar-refractivity contribution in [3.63, 3.8) is 0 Å². The zero-order valence-electron chi connectivity index (χ0n) is 11.4. The van der Waals surface area contributed by atoms with Gasteiger partial charge in [0.05, 0.1) is 0 Å². The highest BCUT2D eigenvalue weighted by Crippen LogP contribution is 2.22. The average Bonchev–Trinajstić information content (AvgIpc) is 2.65. The van der Waals surface area contributed by atoms with Crippen molar-refractivity contribution in [1.29, 1.82) is 0 Å². The molecule has 2 N–H and O–H groups in total. The minimum Gasteiger partial charge on any atom is -0.371 e. The van der Waals surface area contributed by atoms with Gasteiger partial charge in [0.15, 0.2) is 0 Å². The molecule has 0 unspecified atom stereocenters. The highest BCUT2D eigenvalue weighted by Gasteiger charge is 2.36. The summed E-state index contributed by atoms with van der Waals surface area (Å²) < 4.78 is 5.19. The number of hydrazine groups is 1. The summed E-state index contributed by atoms with van der Waals surface area (Å²) in [5, 5.41) is 0. The van der Waals surface area contributed by atoms with E-state index in [9.17, 15) is 14.4 Å². The van der Waals surface area contributed by atoms with E-state index in [0.29, 0.717) is 6.42 Å². The van der Waals surface area contributed by atoms with Gasteiger partial charge in [-0.15, -0.1) is 0 Å². The largest absolute Gasteiger partial charge is 0.371 e. The van der Waals surface area contributed by atoms with Gasteiger partial charge < -0.3 is 4.74 Å². The quantitative estimate of drug-likeness (QED) is 0.364. The van der Waals surface area contributed by atoms with E-state index in [1.165, 1.54) is 17.1 Å². The third kappa shape index (κ3) is 4.15. The first-order valence-electron chi connectivity index (χ1n) is 5.98. The fourth-order valence-electron chi connectivity index (χ4n) is 1.77. The van der Waals surface area contributed by atoms with Gasteiger partial charge in [-0.1, -0.05) is 0 Å². The van der Waals surface area contributed by atoms with Crippen molar-refractivity contribution in [2.45, 2.75) is 25.8 Å². The third-order valence-corrected chi connectivity index (χ3v) is 2.77. The van der Waals surface area contributed by atoms with E-state index in [0.717, 1.165) is 0 Å². The molecule has 0 aliphatic carbocycles. The lowest BCUT2D eigenvalue weighted by Gasteiger charge is -2.33. The van der Waals surface area contributed by atoms with E-state index in [1.54, 1.807) is 20.9 Å². The van der Waals surface area contributed by atoms with Crippen LogP contribution in [0.25, 0.3) is 0 Å². The fraction of sp³-hybridized carbons (Fsp3) is 0.583. The van der Waals surface area contributed by atoms with Crippen molar-refractivity contribution in [1.82, 2.24) is 15.8 Å². The Kier molecular flexibility index (Phi) is 5.20. The number of carbonyl (C=O) groups excluding carboxylic acids is 3.